The number of rotatable bonds is 6. The minimum absolute atomic E-state index is 0.219. The van der Waals surface area contributed by atoms with Gasteiger partial charge in [0, 0.05) is 12.5 Å². The minimum atomic E-state index is -0.219. The van der Waals surface area contributed by atoms with Crippen molar-refractivity contribution in [3.8, 4) is 0 Å². The Morgan fingerprint density at radius 1 is 1.00 bits per heavy atom. The first-order valence-electron chi connectivity index (χ1n) is 9.31. The molecule has 0 atom stereocenters. The lowest BCUT2D eigenvalue weighted by Crippen LogP contribution is -2.40. The van der Waals surface area contributed by atoms with Crippen LogP contribution in [0.15, 0.2) is 24.3 Å². The molecule has 1 heterocycles. The molecule has 1 aromatic rings. The van der Waals surface area contributed by atoms with Crippen LogP contribution in [0.25, 0.3) is 0 Å². The van der Waals surface area contributed by atoms with E-state index in [1.165, 1.54) is 69.2 Å². The smallest absolute Gasteiger partial charge is 0.217 e. The molecule has 126 valence electrons. The molecule has 0 unspecified atom stereocenters. The fourth-order valence-electron chi connectivity index (χ4n) is 4.23. The van der Waals surface area contributed by atoms with Crippen LogP contribution in [0.5, 0.6) is 0 Å². The van der Waals surface area contributed by atoms with Gasteiger partial charge in [0.25, 0.3) is 0 Å². The van der Waals surface area contributed by atoms with Crippen molar-refractivity contribution >= 4 is 5.91 Å². The molecule has 0 radical (unpaired) electrons. The van der Waals surface area contributed by atoms with Gasteiger partial charge >= 0.3 is 0 Å². The third-order valence-corrected chi connectivity index (χ3v) is 5.70. The zero-order chi connectivity index (χ0) is 16.1. The topological polar surface area (TPSA) is 46.3 Å². The van der Waals surface area contributed by atoms with Crippen LogP contribution in [-0.2, 0) is 17.6 Å². The zero-order valence-corrected chi connectivity index (χ0v) is 14.2. The summed E-state index contributed by atoms with van der Waals surface area (Å²) in [5.41, 5.74) is 7.86. The second-order valence-corrected chi connectivity index (χ2v) is 7.40. The van der Waals surface area contributed by atoms with E-state index in [0.29, 0.717) is 6.42 Å². The molecule has 23 heavy (non-hydrogen) atoms. The average molecular weight is 314 g/mol. The first kappa shape index (κ1) is 16.5. The Labute approximate surface area is 140 Å². The Kier molecular flexibility index (Phi) is 5.71. The molecule has 0 bridgehead atoms. The predicted octanol–water partition coefficient (Wildman–Crippen LogP) is 3.30. The lowest BCUT2D eigenvalue weighted by molar-refractivity contribution is -0.117. The van der Waals surface area contributed by atoms with E-state index in [0.717, 1.165) is 18.4 Å². The quantitative estimate of drug-likeness (QED) is 0.875. The molecule has 0 spiro atoms. The minimum Gasteiger partial charge on any atom is -0.370 e. The highest BCUT2D eigenvalue weighted by atomic mass is 16.1. The molecule has 0 aromatic heterocycles. The number of hydrogen-bond donors (Lipinski definition) is 1. The molecule has 2 fully saturated rings. The third-order valence-electron chi connectivity index (χ3n) is 5.70. The Hall–Kier alpha value is -1.35. The summed E-state index contributed by atoms with van der Waals surface area (Å²) in [6.07, 6.45) is 10.8. The number of benzene rings is 1. The van der Waals surface area contributed by atoms with Crippen molar-refractivity contribution in [2.24, 2.45) is 11.7 Å². The Morgan fingerprint density at radius 2 is 1.61 bits per heavy atom. The molecule has 1 saturated heterocycles. The number of carbonyl (C=O) groups excluding carboxylic acids is 1. The summed E-state index contributed by atoms with van der Waals surface area (Å²) >= 11 is 0. The maximum absolute atomic E-state index is 10.8. The molecular weight excluding hydrogens is 284 g/mol. The average Bonchev–Trinajstić information content (AvgIpc) is 3.09. The lowest BCUT2D eigenvalue weighted by Gasteiger charge is -2.36. The van der Waals surface area contributed by atoms with Gasteiger partial charge in [0.2, 0.25) is 5.91 Å². The summed E-state index contributed by atoms with van der Waals surface area (Å²) in [7, 11) is 0. The molecule has 1 aromatic carbocycles. The van der Waals surface area contributed by atoms with Gasteiger partial charge in [-0.2, -0.15) is 0 Å². The Morgan fingerprint density at radius 3 is 2.22 bits per heavy atom. The standard InChI is InChI=1S/C20H30N2O/c21-20(23)10-9-16-5-7-17(8-6-16)15-18-11-13-22(14-12-18)19-3-1-2-4-19/h5-8,18-19H,1-4,9-15H2,(H2,21,23). The number of primary amides is 1. The van der Waals surface area contributed by atoms with E-state index in [1.54, 1.807) is 0 Å². The highest BCUT2D eigenvalue weighted by Crippen LogP contribution is 2.29. The third kappa shape index (κ3) is 4.81. The predicted molar refractivity (Wildman–Crippen MR) is 94.2 cm³/mol. The van der Waals surface area contributed by atoms with Crippen LogP contribution in [0.4, 0.5) is 0 Å². The zero-order valence-electron chi connectivity index (χ0n) is 14.2. The molecule has 3 rings (SSSR count). The van der Waals surface area contributed by atoms with Crippen molar-refractivity contribution in [1.82, 2.24) is 4.90 Å². The van der Waals surface area contributed by atoms with Crippen molar-refractivity contribution in [3.05, 3.63) is 35.4 Å². The van der Waals surface area contributed by atoms with Crippen LogP contribution >= 0.6 is 0 Å². The molecule has 3 heteroatoms. The van der Waals surface area contributed by atoms with Crippen molar-refractivity contribution < 1.29 is 4.79 Å². The number of likely N-dealkylation sites (tertiary alicyclic amines) is 1. The second kappa shape index (κ2) is 7.96. The van der Waals surface area contributed by atoms with E-state index in [-0.39, 0.29) is 5.91 Å². The van der Waals surface area contributed by atoms with Crippen molar-refractivity contribution in [2.75, 3.05) is 13.1 Å². The Balaban J connectivity index is 1.44. The van der Waals surface area contributed by atoms with Gasteiger partial charge < -0.3 is 10.6 Å². The van der Waals surface area contributed by atoms with Crippen LogP contribution in [0.1, 0.15) is 56.1 Å². The normalized spacial score (nSPS) is 20.9. The van der Waals surface area contributed by atoms with Gasteiger partial charge in [-0.05, 0) is 68.7 Å². The molecular formula is C20H30N2O. The molecule has 2 aliphatic rings. The van der Waals surface area contributed by atoms with Gasteiger partial charge in [0.1, 0.15) is 0 Å². The highest BCUT2D eigenvalue weighted by molar-refractivity contribution is 5.73. The molecule has 1 aliphatic carbocycles. The summed E-state index contributed by atoms with van der Waals surface area (Å²) in [6, 6.07) is 9.68. The number of nitrogens with zero attached hydrogens (tertiary/aromatic N) is 1. The van der Waals surface area contributed by atoms with E-state index in [9.17, 15) is 4.79 Å². The van der Waals surface area contributed by atoms with Gasteiger partial charge in [-0.1, -0.05) is 37.1 Å². The van der Waals surface area contributed by atoms with Crippen LogP contribution < -0.4 is 5.73 Å². The summed E-state index contributed by atoms with van der Waals surface area (Å²) in [6.45, 7) is 2.60. The number of nitrogens with two attached hydrogens (primary N) is 1. The van der Waals surface area contributed by atoms with Gasteiger partial charge in [0.05, 0.1) is 0 Å². The molecule has 3 nitrogen and oxygen atoms in total. The number of carbonyl (C=O) groups is 1. The van der Waals surface area contributed by atoms with Gasteiger partial charge in [0.15, 0.2) is 0 Å². The molecule has 1 aliphatic heterocycles. The largest absolute Gasteiger partial charge is 0.370 e. The first-order chi connectivity index (χ1) is 11.2. The molecule has 2 N–H and O–H groups in total. The Bertz CT molecular complexity index is 497. The SMILES string of the molecule is NC(=O)CCc1ccc(CC2CCN(C3CCCC3)CC2)cc1. The van der Waals surface area contributed by atoms with Gasteiger partial charge in [-0.15, -0.1) is 0 Å². The van der Waals surface area contributed by atoms with Crippen molar-refractivity contribution in [1.29, 1.82) is 0 Å². The van der Waals surface area contributed by atoms with E-state index in [1.807, 2.05) is 0 Å². The maximum Gasteiger partial charge on any atom is 0.217 e. The second-order valence-electron chi connectivity index (χ2n) is 7.40. The summed E-state index contributed by atoms with van der Waals surface area (Å²) in [4.78, 5) is 13.6. The van der Waals surface area contributed by atoms with Crippen LogP contribution in [0, 0.1) is 5.92 Å². The number of hydrogen-bond acceptors (Lipinski definition) is 2. The van der Waals surface area contributed by atoms with Gasteiger partial charge in [-0.25, -0.2) is 0 Å². The summed E-state index contributed by atoms with van der Waals surface area (Å²) in [5.74, 6) is 0.618. The van der Waals surface area contributed by atoms with E-state index in [2.05, 4.69) is 29.2 Å². The fraction of sp³-hybridized carbons (Fsp3) is 0.650. The first-order valence-corrected chi connectivity index (χ1v) is 9.31. The maximum atomic E-state index is 10.8. The van der Waals surface area contributed by atoms with Crippen LogP contribution in [0.3, 0.4) is 0 Å². The highest BCUT2D eigenvalue weighted by Gasteiger charge is 2.26. The van der Waals surface area contributed by atoms with Gasteiger partial charge in [-0.3, -0.25) is 4.79 Å². The monoisotopic (exact) mass is 314 g/mol. The van der Waals surface area contributed by atoms with Crippen LogP contribution in [0.2, 0.25) is 0 Å². The van der Waals surface area contributed by atoms with Crippen LogP contribution in [-0.4, -0.2) is 29.9 Å². The van der Waals surface area contributed by atoms with Crippen molar-refractivity contribution in [3.63, 3.8) is 0 Å². The van der Waals surface area contributed by atoms with E-state index < -0.39 is 0 Å². The molecule has 1 amide bonds. The summed E-state index contributed by atoms with van der Waals surface area (Å²) in [5, 5.41) is 0. The van der Waals surface area contributed by atoms with E-state index in [4.69, 9.17) is 5.73 Å². The lowest BCUT2D eigenvalue weighted by atomic mass is 9.89. The number of piperidine rings is 1. The van der Waals surface area contributed by atoms with E-state index >= 15 is 0 Å². The number of aryl methyl sites for hydroxylation is 1. The molecule has 1 saturated carbocycles. The fourth-order valence-corrected chi connectivity index (χ4v) is 4.23. The van der Waals surface area contributed by atoms with Crippen molar-refractivity contribution in [2.45, 2.75) is 63.8 Å². The summed E-state index contributed by atoms with van der Waals surface area (Å²) < 4.78 is 0. The number of amides is 1.